The molecule has 1 fully saturated rings. The average Bonchev–Trinajstić information content (AvgIpc) is 2.26. The lowest BCUT2D eigenvalue weighted by atomic mass is 9.98. The Balaban J connectivity index is 2.38. The largest absolute Gasteiger partial charge is 0.381 e. The summed E-state index contributed by atoms with van der Waals surface area (Å²) in [4.78, 5) is 11.9. The van der Waals surface area contributed by atoms with E-state index in [1.54, 1.807) is 0 Å². The van der Waals surface area contributed by atoms with Crippen molar-refractivity contribution in [2.24, 2.45) is 11.8 Å². The summed E-state index contributed by atoms with van der Waals surface area (Å²) in [5.74, 6) is 0.809. The topological polar surface area (TPSA) is 38.3 Å². The van der Waals surface area contributed by atoms with Crippen molar-refractivity contribution in [2.75, 3.05) is 18.5 Å². The highest BCUT2D eigenvalue weighted by atomic mass is 79.9. The summed E-state index contributed by atoms with van der Waals surface area (Å²) in [7, 11) is 0. The summed E-state index contributed by atoms with van der Waals surface area (Å²) in [6.45, 7) is 5.68. The predicted octanol–water partition coefficient (Wildman–Crippen LogP) is 1.95. The van der Waals surface area contributed by atoms with Gasteiger partial charge in [0, 0.05) is 30.5 Å². The minimum Gasteiger partial charge on any atom is -0.381 e. The maximum atomic E-state index is 11.9. The van der Waals surface area contributed by atoms with Crippen LogP contribution in [0.3, 0.4) is 0 Å². The average molecular weight is 278 g/mol. The summed E-state index contributed by atoms with van der Waals surface area (Å²) in [6, 6.07) is 0.236. The Morgan fingerprint density at radius 2 is 2.07 bits per heavy atom. The zero-order chi connectivity index (χ0) is 11.3. The molecule has 0 spiro atoms. The summed E-state index contributed by atoms with van der Waals surface area (Å²) < 4.78 is 5.24. The quantitative estimate of drug-likeness (QED) is 0.798. The van der Waals surface area contributed by atoms with Gasteiger partial charge < -0.3 is 10.1 Å². The number of hydrogen-bond donors (Lipinski definition) is 1. The molecule has 4 heteroatoms. The molecule has 1 amide bonds. The van der Waals surface area contributed by atoms with Crippen LogP contribution < -0.4 is 5.32 Å². The molecule has 1 atom stereocenters. The molecule has 15 heavy (non-hydrogen) atoms. The molecule has 88 valence electrons. The maximum Gasteiger partial charge on any atom is 0.223 e. The monoisotopic (exact) mass is 277 g/mol. The van der Waals surface area contributed by atoms with Gasteiger partial charge in [-0.15, -0.1) is 0 Å². The zero-order valence-electron chi connectivity index (χ0n) is 9.46. The highest BCUT2D eigenvalue weighted by Gasteiger charge is 2.24. The van der Waals surface area contributed by atoms with Crippen LogP contribution in [-0.4, -0.2) is 30.5 Å². The van der Waals surface area contributed by atoms with Crippen LogP contribution in [0.2, 0.25) is 0 Å². The van der Waals surface area contributed by atoms with Crippen molar-refractivity contribution in [1.29, 1.82) is 0 Å². The lowest BCUT2D eigenvalue weighted by Crippen LogP contribution is -2.44. The first-order valence-electron chi connectivity index (χ1n) is 5.59. The Morgan fingerprint density at radius 1 is 1.47 bits per heavy atom. The maximum absolute atomic E-state index is 11.9. The molecule has 1 rings (SSSR count). The Hall–Kier alpha value is -0.0900. The number of rotatable bonds is 4. The smallest absolute Gasteiger partial charge is 0.223 e. The highest BCUT2D eigenvalue weighted by molar-refractivity contribution is 9.09. The first-order valence-corrected chi connectivity index (χ1v) is 6.71. The van der Waals surface area contributed by atoms with Crippen molar-refractivity contribution in [3.8, 4) is 0 Å². The lowest BCUT2D eigenvalue weighted by molar-refractivity contribution is -0.128. The van der Waals surface area contributed by atoms with E-state index in [-0.39, 0.29) is 17.9 Å². The standard InChI is InChI=1S/C11H20BrNO2/c1-8(2)10(7-12)13-11(14)9-3-5-15-6-4-9/h8-10H,3-7H2,1-2H3,(H,13,14). The molecule has 1 saturated heterocycles. The summed E-state index contributed by atoms with van der Waals surface area (Å²) >= 11 is 3.43. The molecule has 0 bridgehead atoms. The number of alkyl halides is 1. The Bertz CT molecular complexity index is 203. The number of amides is 1. The molecule has 0 saturated carbocycles. The van der Waals surface area contributed by atoms with E-state index in [1.807, 2.05) is 0 Å². The number of ether oxygens (including phenoxy) is 1. The van der Waals surface area contributed by atoms with Crippen LogP contribution in [0.5, 0.6) is 0 Å². The predicted molar refractivity (Wildman–Crippen MR) is 64.1 cm³/mol. The van der Waals surface area contributed by atoms with E-state index in [9.17, 15) is 4.79 Å². The number of carbonyl (C=O) groups is 1. The Morgan fingerprint density at radius 3 is 2.53 bits per heavy atom. The van der Waals surface area contributed by atoms with Gasteiger partial charge in [-0.25, -0.2) is 0 Å². The molecule has 0 radical (unpaired) electrons. The Labute approximate surface area is 100 Å². The molecule has 1 aliphatic rings. The van der Waals surface area contributed by atoms with Crippen molar-refractivity contribution in [3.63, 3.8) is 0 Å². The van der Waals surface area contributed by atoms with Crippen LogP contribution in [0.15, 0.2) is 0 Å². The van der Waals surface area contributed by atoms with Crippen molar-refractivity contribution in [3.05, 3.63) is 0 Å². The first kappa shape index (κ1) is 13.0. The second-order valence-corrected chi connectivity index (χ2v) is 5.05. The van der Waals surface area contributed by atoms with E-state index in [1.165, 1.54) is 0 Å². The molecule has 1 N–H and O–H groups in total. The number of halogens is 1. The van der Waals surface area contributed by atoms with Gasteiger partial charge in [0.1, 0.15) is 0 Å². The van der Waals surface area contributed by atoms with Crippen molar-refractivity contribution in [1.82, 2.24) is 5.32 Å². The van der Waals surface area contributed by atoms with Gasteiger partial charge in [0.25, 0.3) is 0 Å². The zero-order valence-corrected chi connectivity index (χ0v) is 11.0. The van der Waals surface area contributed by atoms with Gasteiger partial charge in [-0.05, 0) is 18.8 Å². The van der Waals surface area contributed by atoms with E-state index in [0.717, 1.165) is 31.4 Å². The van der Waals surface area contributed by atoms with Gasteiger partial charge in [-0.2, -0.15) is 0 Å². The van der Waals surface area contributed by atoms with Crippen molar-refractivity contribution in [2.45, 2.75) is 32.7 Å². The molecule has 0 aromatic rings. The number of hydrogen-bond acceptors (Lipinski definition) is 2. The Kier molecular flexibility index (Phi) is 5.61. The first-order chi connectivity index (χ1) is 7.15. The van der Waals surface area contributed by atoms with E-state index >= 15 is 0 Å². The van der Waals surface area contributed by atoms with Crippen LogP contribution in [0, 0.1) is 11.8 Å². The fraction of sp³-hybridized carbons (Fsp3) is 0.909. The molecular weight excluding hydrogens is 258 g/mol. The second-order valence-electron chi connectivity index (χ2n) is 4.40. The van der Waals surface area contributed by atoms with E-state index in [4.69, 9.17) is 4.74 Å². The van der Waals surface area contributed by atoms with Crippen LogP contribution >= 0.6 is 15.9 Å². The summed E-state index contributed by atoms with van der Waals surface area (Å²) in [6.07, 6.45) is 1.72. The normalized spacial score (nSPS) is 20.3. The van der Waals surface area contributed by atoms with Crippen LogP contribution in [0.25, 0.3) is 0 Å². The molecule has 3 nitrogen and oxygen atoms in total. The van der Waals surface area contributed by atoms with E-state index in [2.05, 4.69) is 35.1 Å². The summed E-state index contributed by atoms with van der Waals surface area (Å²) in [5.41, 5.74) is 0. The molecule has 0 aromatic carbocycles. The third-order valence-electron chi connectivity index (χ3n) is 2.89. The third-order valence-corrected chi connectivity index (χ3v) is 3.59. The van der Waals surface area contributed by atoms with Gasteiger partial charge in [-0.1, -0.05) is 29.8 Å². The van der Waals surface area contributed by atoms with Crippen LogP contribution in [0.1, 0.15) is 26.7 Å². The molecule has 1 aliphatic heterocycles. The van der Waals surface area contributed by atoms with Crippen molar-refractivity contribution < 1.29 is 9.53 Å². The van der Waals surface area contributed by atoms with Gasteiger partial charge in [-0.3, -0.25) is 4.79 Å². The number of nitrogens with one attached hydrogen (secondary N) is 1. The summed E-state index contributed by atoms with van der Waals surface area (Å²) in [5, 5.41) is 3.91. The SMILES string of the molecule is CC(C)C(CBr)NC(=O)C1CCOCC1. The third kappa shape index (κ3) is 4.11. The second kappa shape index (κ2) is 6.48. The van der Waals surface area contributed by atoms with E-state index < -0.39 is 0 Å². The molecule has 0 aliphatic carbocycles. The van der Waals surface area contributed by atoms with Gasteiger partial charge in [0.05, 0.1) is 0 Å². The molecule has 1 unspecified atom stereocenters. The molecular formula is C11H20BrNO2. The van der Waals surface area contributed by atoms with Gasteiger partial charge in [0.2, 0.25) is 5.91 Å². The highest BCUT2D eigenvalue weighted by Crippen LogP contribution is 2.16. The van der Waals surface area contributed by atoms with Gasteiger partial charge in [0.15, 0.2) is 0 Å². The van der Waals surface area contributed by atoms with E-state index in [0.29, 0.717) is 5.92 Å². The minimum absolute atomic E-state index is 0.152. The minimum atomic E-state index is 0.152. The fourth-order valence-corrected chi connectivity index (χ4v) is 2.55. The molecule has 0 aromatic heterocycles. The van der Waals surface area contributed by atoms with Crippen LogP contribution in [0.4, 0.5) is 0 Å². The number of carbonyl (C=O) groups excluding carboxylic acids is 1. The lowest BCUT2D eigenvalue weighted by Gasteiger charge is -2.26. The molecule has 1 heterocycles. The van der Waals surface area contributed by atoms with Gasteiger partial charge >= 0.3 is 0 Å². The van der Waals surface area contributed by atoms with Crippen LogP contribution in [-0.2, 0) is 9.53 Å². The fourth-order valence-electron chi connectivity index (χ4n) is 1.64. The van der Waals surface area contributed by atoms with Crippen molar-refractivity contribution >= 4 is 21.8 Å².